The van der Waals surface area contributed by atoms with Gasteiger partial charge in [-0.15, -0.1) is 11.3 Å². The van der Waals surface area contributed by atoms with Crippen molar-refractivity contribution in [2.45, 2.75) is 13.1 Å². The summed E-state index contributed by atoms with van der Waals surface area (Å²) < 4.78 is 1.23. The Morgan fingerprint density at radius 2 is 2.04 bits per heavy atom. The molecule has 0 N–H and O–H groups in total. The number of anilines is 1. The molecule has 1 aliphatic rings. The molecule has 8 heteroatoms. The topological polar surface area (TPSA) is 61.7 Å². The Labute approximate surface area is 151 Å². The van der Waals surface area contributed by atoms with Gasteiger partial charge in [-0.1, -0.05) is 6.07 Å². The molecule has 0 aromatic carbocycles. The number of aromatic nitrogens is 2. The van der Waals surface area contributed by atoms with Gasteiger partial charge >= 0.3 is 0 Å². The zero-order chi connectivity index (χ0) is 17.8. The van der Waals surface area contributed by atoms with Crippen LogP contribution in [0.25, 0.3) is 0 Å². The van der Waals surface area contributed by atoms with Crippen LogP contribution in [0.1, 0.15) is 4.88 Å². The number of carbonyl (C=O) groups excluding carboxylic acids is 1. The maximum absolute atomic E-state index is 12.5. The van der Waals surface area contributed by atoms with Crippen LogP contribution >= 0.6 is 11.3 Å². The van der Waals surface area contributed by atoms with Crippen LogP contribution < -0.4 is 10.5 Å². The molecule has 25 heavy (non-hydrogen) atoms. The molecule has 134 valence electrons. The van der Waals surface area contributed by atoms with Crippen molar-refractivity contribution in [2.24, 2.45) is 0 Å². The molecule has 2 aromatic rings. The van der Waals surface area contributed by atoms with Crippen molar-refractivity contribution in [2.75, 3.05) is 45.2 Å². The smallest absolute Gasteiger partial charge is 0.269 e. The van der Waals surface area contributed by atoms with E-state index in [0.717, 1.165) is 25.3 Å². The summed E-state index contributed by atoms with van der Waals surface area (Å²) in [5.74, 6) is -0.0528. The molecule has 1 fully saturated rings. The first-order valence-electron chi connectivity index (χ1n) is 8.30. The minimum absolute atomic E-state index is 0.00251. The van der Waals surface area contributed by atoms with E-state index >= 15 is 0 Å². The van der Waals surface area contributed by atoms with Gasteiger partial charge in [0, 0.05) is 57.8 Å². The van der Waals surface area contributed by atoms with E-state index in [-0.39, 0.29) is 18.0 Å². The van der Waals surface area contributed by atoms with Gasteiger partial charge in [0.15, 0.2) is 0 Å². The molecular weight excluding hydrogens is 338 g/mol. The van der Waals surface area contributed by atoms with Crippen LogP contribution in [-0.2, 0) is 17.9 Å². The van der Waals surface area contributed by atoms with Gasteiger partial charge in [-0.25, -0.2) is 4.68 Å². The second kappa shape index (κ2) is 7.79. The summed E-state index contributed by atoms with van der Waals surface area (Å²) in [6, 6.07) is 5.70. The fourth-order valence-electron chi connectivity index (χ4n) is 2.79. The normalized spacial score (nSPS) is 15.4. The SMILES string of the molecule is CN(C)c1cnn(CC(=O)N2CCN(Cc3cccs3)CC2)c(=O)c1. The fraction of sp³-hybridized carbons (Fsp3) is 0.471. The lowest BCUT2D eigenvalue weighted by Crippen LogP contribution is -2.49. The lowest BCUT2D eigenvalue weighted by molar-refractivity contribution is -0.133. The van der Waals surface area contributed by atoms with Gasteiger partial charge in [0.2, 0.25) is 5.91 Å². The van der Waals surface area contributed by atoms with Gasteiger partial charge in [0.1, 0.15) is 6.54 Å². The molecule has 2 aromatic heterocycles. The highest BCUT2D eigenvalue weighted by atomic mass is 32.1. The Hall–Kier alpha value is -2.19. The largest absolute Gasteiger partial charge is 0.376 e. The molecule has 1 saturated heterocycles. The van der Waals surface area contributed by atoms with Crippen molar-refractivity contribution in [3.05, 3.63) is 45.0 Å². The third-order valence-corrected chi connectivity index (χ3v) is 5.20. The van der Waals surface area contributed by atoms with E-state index in [1.807, 2.05) is 23.9 Å². The lowest BCUT2D eigenvalue weighted by atomic mass is 10.3. The summed E-state index contributed by atoms with van der Waals surface area (Å²) >= 11 is 1.76. The van der Waals surface area contributed by atoms with Crippen LogP contribution in [-0.4, -0.2) is 65.8 Å². The number of rotatable bonds is 5. The Morgan fingerprint density at radius 1 is 1.28 bits per heavy atom. The molecule has 0 spiro atoms. The van der Waals surface area contributed by atoms with E-state index < -0.39 is 0 Å². The molecule has 1 amide bonds. The van der Waals surface area contributed by atoms with Gasteiger partial charge in [0.05, 0.1) is 11.9 Å². The van der Waals surface area contributed by atoms with E-state index in [2.05, 4.69) is 27.5 Å². The summed E-state index contributed by atoms with van der Waals surface area (Å²) in [5.41, 5.74) is 0.478. The number of amides is 1. The van der Waals surface area contributed by atoms with Gasteiger partial charge in [0.25, 0.3) is 5.56 Å². The first-order chi connectivity index (χ1) is 12.0. The van der Waals surface area contributed by atoms with Crippen LogP contribution in [0.15, 0.2) is 34.6 Å². The van der Waals surface area contributed by atoms with Crippen LogP contribution in [0.3, 0.4) is 0 Å². The summed E-state index contributed by atoms with van der Waals surface area (Å²) in [5, 5.41) is 6.19. The first-order valence-corrected chi connectivity index (χ1v) is 9.18. The quantitative estimate of drug-likeness (QED) is 0.785. The molecule has 0 saturated carbocycles. The van der Waals surface area contributed by atoms with Crippen molar-refractivity contribution in [1.29, 1.82) is 0 Å². The van der Waals surface area contributed by atoms with Gasteiger partial charge in [-0.3, -0.25) is 14.5 Å². The number of nitrogens with zero attached hydrogens (tertiary/aromatic N) is 5. The van der Waals surface area contributed by atoms with E-state index in [4.69, 9.17) is 0 Å². The predicted octanol–water partition coefficient (Wildman–Crippen LogP) is 0.715. The Kier molecular flexibility index (Phi) is 5.50. The van der Waals surface area contributed by atoms with Crippen molar-refractivity contribution in [3.63, 3.8) is 0 Å². The van der Waals surface area contributed by atoms with E-state index in [0.29, 0.717) is 13.1 Å². The maximum atomic E-state index is 12.5. The molecule has 0 unspecified atom stereocenters. The van der Waals surface area contributed by atoms with E-state index in [9.17, 15) is 9.59 Å². The van der Waals surface area contributed by atoms with Crippen molar-refractivity contribution >= 4 is 22.9 Å². The maximum Gasteiger partial charge on any atom is 0.269 e. The second-order valence-electron chi connectivity index (χ2n) is 6.34. The van der Waals surface area contributed by atoms with Crippen LogP contribution in [0.5, 0.6) is 0 Å². The molecule has 0 radical (unpaired) electrons. The van der Waals surface area contributed by atoms with Crippen LogP contribution in [0.4, 0.5) is 5.69 Å². The molecule has 0 aliphatic carbocycles. The third-order valence-electron chi connectivity index (χ3n) is 4.34. The van der Waals surface area contributed by atoms with Crippen LogP contribution in [0.2, 0.25) is 0 Å². The summed E-state index contributed by atoms with van der Waals surface area (Å²) in [6.07, 6.45) is 1.60. The van der Waals surface area contributed by atoms with Crippen molar-refractivity contribution in [3.8, 4) is 0 Å². The zero-order valence-corrected chi connectivity index (χ0v) is 15.4. The number of carbonyl (C=O) groups is 1. The highest BCUT2D eigenvalue weighted by Gasteiger charge is 2.22. The minimum Gasteiger partial charge on any atom is -0.376 e. The highest BCUT2D eigenvalue weighted by molar-refractivity contribution is 7.09. The van der Waals surface area contributed by atoms with E-state index in [1.165, 1.54) is 15.6 Å². The molecule has 0 bridgehead atoms. The molecule has 0 atom stereocenters. The number of piperazine rings is 1. The fourth-order valence-corrected chi connectivity index (χ4v) is 3.54. The van der Waals surface area contributed by atoms with Gasteiger partial charge in [-0.2, -0.15) is 5.10 Å². The Bertz CT molecular complexity index is 764. The number of thiophene rings is 1. The van der Waals surface area contributed by atoms with Crippen LogP contribution in [0, 0.1) is 0 Å². The summed E-state index contributed by atoms with van der Waals surface area (Å²) in [7, 11) is 3.70. The standard InChI is InChI=1S/C17H23N5O2S/c1-19(2)14-10-16(23)22(18-11-14)13-17(24)21-7-5-20(6-8-21)12-15-4-3-9-25-15/h3-4,9-11H,5-8,12-13H2,1-2H3. The van der Waals surface area contributed by atoms with Gasteiger partial charge < -0.3 is 9.80 Å². The Balaban J connectivity index is 1.53. The van der Waals surface area contributed by atoms with E-state index in [1.54, 1.807) is 17.5 Å². The molecule has 1 aliphatic heterocycles. The first kappa shape index (κ1) is 17.6. The Morgan fingerprint density at radius 3 is 2.64 bits per heavy atom. The monoisotopic (exact) mass is 361 g/mol. The second-order valence-corrected chi connectivity index (χ2v) is 7.37. The lowest BCUT2D eigenvalue weighted by Gasteiger charge is -2.34. The van der Waals surface area contributed by atoms with Crippen molar-refractivity contribution in [1.82, 2.24) is 19.6 Å². The summed E-state index contributed by atoms with van der Waals surface area (Å²) in [6.45, 7) is 4.02. The van der Waals surface area contributed by atoms with Crippen molar-refractivity contribution < 1.29 is 4.79 Å². The molecule has 3 rings (SSSR count). The minimum atomic E-state index is -0.254. The number of hydrogen-bond donors (Lipinski definition) is 0. The third kappa shape index (κ3) is 4.46. The summed E-state index contributed by atoms with van der Waals surface area (Å²) in [4.78, 5) is 31.9. The zero-order valence-electron chi connectivity index (χ0n) is 14.6. The molecular formula is C17H23N5O2S. The molecule has 3 heterocycles. The highest BCUT2D eigenvalue weighted by Crippen LogP contribution is 2.13. The van der Waals surface area contributed by atoms with Gasteiger partial charge in [-0.05, 0) is 11.4 Å². The average molecular weight is 361 g/mol. The number of hydrogen-bond acceptors (Lipinski definition) is 6. The average Bonchev–Trinajstić information content (AvgIpc) is 3.10. The predicted molar refractivity (Wildman–Crippen MR) is 99.0 cm³/mol. The molecule has 7 nitrogen and oxygen atoms in total.